The first-order valence-corrected chi connectivity index (χ1v) is 6.22. The Balaban J connectivity index is 1.78. The van der Waals surface area contributed by atoms with E-state index >= 15 is 0 Å². The predicted molar refractivity (Wildman–Crippen MR) is 66.2 cm³/mol. The fourth-order valence-electron chi connectivity index (χ4n) is 2.20. The van der Waals surface area contributed by atoms with Gasteiger partial charge in [-0.05, 0) is 31.2 Å². The molecule has 0 amide bonds. The van der Waals surface area contributed by atoms with Crippen LogP contribution in [0.25, 0.3) is 0 Å². The molecule has 92 valence electrons. The molecule has 1 aliphatic carbocycles. The van der Waals surface area contributed by atoms with E-state index in [2.05, 4.69) is 0 Å². The Hall–Kier alpha value is -1.35. The quantitative estimate of drug-likeness (QED) is 0.815. The predicted octanol–water partition coefficient (Wildman–Crippen LogP) is 2.25. The van der Waals surface area contributed by atoms with E-state index in [4.69, 9.17) is 10.5 Å². The molecule has 1 aromatic carbocycles. The van der Waals surface area contributed by atoms with E-state index in [1.165, 1.54) is 0 Å². The van der Waals surface area contributed by atoms with Crippen LogP contribution < -0.4 is 5.73 Å². The summed E-state index contributed by atoms with van der Waals surface area (Å²) >= 11 is 0. The van der Waals surface area contributed by atoms with Gasteiger partial charge in [0, 0.05) is 6.04 Å². The van der Waals surface area contributed by atoms with Crippen molar-refractivity contribution in [3.63, 3.8) is 0 Å². The summed E-state index contributed by atoms with van der Waals surface area (Å²) in [6.45, 7) is 0.377. The van der Waals surface area contributed by atoms with Crippen LogP contribution in [-0.2, 0) is 16.1 Å². The van der Waals surface area contributed by atoms with Crippen molar-refractivity contribution >= 4 is 5.97 Å². The molecule has 0 atom stereocenters. The average Bonchev–Trinajstić information content (AvgIpc) is 2.38. The first kappa shape index (κ1) is 12.1. The van der Waals surface area contributed by atoms with E-state index in [0.29, 0.717) is 6.61 Å². The minimum atomic E-state index is -0.0687. The molecular weight excluding hydrogens is 214 g/mol. The number of rotatable bonds is 3. The van der Waals surface area contributed by atoms with Gasteiger partial charge in [0.05, 0.1) is 5.92 Å². The molecule has 0 aliphatic heterocycles. The molecule has 1 aliphatic rings. The zero-order valence-electron chi connectivity index (χ0n) is 9.97. The third kappa shape index (κ3) is 3.56. The number of carbonyl (C=O) groups is 1. The Morgan fingerprint density at radius 2 is 1.82 bits per heavy atom. The topological polar surface area (TPSA) is 52.3 Å². The largest absolute Gasteiger partial charge is 0.461 e. The Bertz CT molecular complexity index is 356. The number of hydrogen-bond donors (Lipinski definition) is 1. The number of hydrogen-bond acceptors (Lipinski definition) is 3. The normalized spacial score (nSPS) is 24.3. The summed E-state index contributed by atoms with van der Waals surface area (Å²) in [7, 11) is 0. The molecule has 0 bridgehead atoms. The minimum absolute atomic E-state index is 0.0542. The summed E-state index contributed by atoms with van der Waals surface area (Å²) < 4.78 is 5.32. The maximum absolute atomic E-state index is 11.8. The van der Waals surface area contributed by atoms with E-state index in [1.807, 2.05) is 30.3 Å². The summed E-state index contributed by atoms with van der Waals surface area (Å²) in [6, 6.07) is 10.0. The van der Waals surface area contributed by atoms with Gasteiger partial charge in [-0.15, -0.1) is 0 Å². The first-order valence-electron chi connectivity index (χ1n) is 6.22. The lowest BCUT2D eigenvalue weighted by Crippen LogP contribution is -2.30. The monoisotopic (exact) mass is 233 g/mol. The van der Waals surface area contributed by atoms with Crippen LogP contribution in [0.15, 0.2) is 30.3 Å². The van der Waals surface area contributed by atoms with Gasteiger partial charge >= 0.3 is 5.97 Å². The molecule has 1 saturated carbocycles. The van der Waals surface area contributed by atoms with Crippen LogP contribution in [0.4, 0.5) is 0 Å². The molecule has 3 heteroatoms. The second-order valence-corrected chi connectivity index (χ2v) is 4.71. The van der Waals surface area contributed by atoms with Crippen LogP contribution in [0.1, 0.15) is 31.2 Å². The Morgan fingerprint density at radius 1 is 1.18 bits per heavy atom. The lowest BCUT2D eigenvalue weighted by molar-refractivity contribution is -0.151. The SMILES string of the molecule is NC1CCC(C(=O)OCc2ccccc2)CC1. The highest BCUT2D eigenvalue weighted by molar-refractivity contribution is 5.72. The van der Waals surface area contributed by atoms with Gasteiger partial charge in [0.1, 0.15) is 6.61 Å². The Labute approximate surface area is 102 Å². The smallest absolute Gasteiger partial charge is 0.309 e. The molecule has 3 nitrogen and oxygen atoms in total. The third-order valence-electron chi connectivity index (χ3n) is 3.33. The summed E-state index contributed by atoms with van der Waals surface area (Å²) in [5, 5.41) is 0. The van der Waals surface area contributed by atoms with Crippen molar-refractivity contribution in [3.8, 4) is 0 Å². The zero-order valence-corrected chi connectivity index (χ0v) is 9.97. The maximum Gasteiger partial charge on any atom is 0.309 e. The second kappa shape index (κ2) is 5.82. The first-order chi connectivity index (χ1) is 8.25. The van der Waals surface area contributed by atoms with Gasteiger partial charge in [0.25, 0.3) is 0 Å². The highest BCUT2D eigenvalue weighted by Crippen LogP contribution is 2.24. The van der Waals surface area contributed by atoms with Gasteiger partial charge in [-0.1, -0.05) is 30.3 Å². The maximum atomic E-state index is 11.8. The van der Waals surface area contributed by atoms with Crippen molar-refractivity contribution in [2.75, 3.05) is 0 Å². The highest BCUT2D eigenvalue weighted by Gasteiger charge is 2.25. The van der Waals surface area contributed by atoms with Crippen LogP contribution in [0.3, 0.4) is 0 Å². The standard InChI is InChI=1S/C14H19NO2/c15-13-8-6-12(7-9-13)14(16)17-10-11-4-2-1-3-5-11/h1-5,12-13H,6-10,15H2. The zero-order chi connectivity index (χ0) is 12.1. The number of ether oxygens (including phenoxy) is 1. The summed E-state index contributed by atoms with van der Waals surface area (Å²) in [4.78, 5) is 11.8. The van der Waals surface area contributed by atoms with Gasteiger partial charge in [-0.25, -0.2) is 0 Å². The number of nitrogens with two attached hydrogens (primary N) is 1. The summed E-state index contributed by atoms with van der Waals surface area (Å²) in [5.74, 6) is -0.0146. The fraction of sp³-hybridized carbons (Fsp3) is 0.500. The van der Waals surface area contributed by atoms with E-state index < -0.39 is 0 Å². The van der Waals surface area contributed by atoms with Crippen molar-refractivity contribution in [1.29, 1.82) is 0 Å². The van der Waals surface area contributed by atoms with Crippen molar-refractivity contribution in [2.45, 2.75) is 38.3 Å². The molecule has 2 rings (SSSR count). The molecule has 0 aromatic heterocycles. The van der Waals surface area contributed by atoms with Gasteiger partial charge < -0.3 is 10.5 Å². The Kier molecular flexibility index (Phi) is 4.15. The molecule has 17 heavy (non-hydrogen) atoms. The number of benzene rings is 1. The minimum Gasteiger partial charge on any atom is -0.461 e. The Morgan fingerprint density at radius 3 is 2.47 bits per heavy atom. The molecule has 0 unspecified atom stereocenters. The van der Waals surface area contributed by atoms with Crippen molar-refractivity contribution in [2.24, 2.45) is 11.7 Å². The van der Waals surface area contributed by atoms with E-state index in [1.54, 1.807) is 0 Å². The fourth-order valence-corrected chi connectivity index (χ4v) is 2.20. The van der Waals surface area contributed by atoms with Crippen molar-refractivity contribution in [1.82, 2.24) is 0 Å². The lowest BCUT2D eigenvalue weighted by Gasteiger charge is -2.24. The molecule has 1 fully saturated rings. The molecule has 0 saturated heterocycles. The van der Waals surface area contributed by atoms with E-state index in [0.717, 1.165) is 31.2 Å². The molecular formula is C14H19NO2. The molecule has 0 radical (unpaired) electrons. The second-order valence-electron chi connectivity index (χ2n) is 4.71. The van der Waals surface area contributed by atoms with Crippen LogP contribution in [0.2, 0.25) is 0 Å². The molecule has 2 N–H and O–H groups in total. The molecule has 0 spiro atoms. The average molecular weight is 233 g/mol. The van der Waals surface area contributed by atoms with Gasteiger partial charge in [-0.3, -0.25) is 4.79 Å². The third-order valence-corrected chi connectivity index (χ3v) is 3.33. The van der Waals surface area contributed by atoms with Crippen LogP contribution in [0.5, 0.6) is 0 Å². The van der Waals surface area contributed by atoms with E-state index in [9.17, 15) is 4.79 Å². The van der Waals surface area contributed by atoms with Gasteiger partial charge in [0.2, 0.25) is 0 Å². The summed E-state index contributed by atoms with van der Waals surface area (Å²) in [6.07, 6.45) is 3.61. The molecule has 0 heterocycles. The highest BCUT2D eigenvalue weighted by atomic mass is 16.5. The van der Waals surface area contributed by atoms with Crippen LogP contribution >= 0.6 is 0 Å². The van der Waals surface area contributed by atoms with Gasteiger partial charge in [-0.2, -0.15) is 0 Å². The summed E-state index contributed by atoms with van der Waals surface area (Å²) in [5.41, 5.74) is 6.85. The van der Waals surface area contributed by atoms with Crippen molar-refractivity contribution in [3.05, 3.63) is 35.9 Å². The van der Waals surface area contributed by atoms with Crippen LogP contribution in [0, 0.1) is 5.92 Å². The lowest BCUT2D eigenvalue weighted by atomic mass is 9.86. The van der Waals surface area contributed by atoms with Crippen molar-refractivity contribution < 1.29 is 9.53 Å². The van der Waals surface area contributed by atoms with E-state index in [-0.39, 0.29) is 17.9 Å². The number of esters is 1. The van der Waals surface area contributed by atoms with Gasteiger partial charge in [0.15, 0.2) is 0 Å². The molecule has 1 aromatic rings. The number of carbonyl (C=O) groups excluding carboxylic acids is 1. The van der Waals surface area contributed by atoms with Crippen LogP contribution in [-0.4, -0.2) is 12.0 Å².